The Hall–Kier alpha value is -1.50. The molecule has 0 unspecified atom stereocenters. The van der Waals surface area contributed by atoms with Crippen molar-refractivity contribution in [3.05, 3.63) is 47.4 Å². The summed E-state index contributed by atoms with van der Waals surface area (Å²) in [6, 6.07) is 7.73. The zero-order valence-electron chi connectivity index (χ0n) is 10.9. The molecule has 1 aromatic carbocycles. The van der Waals surface area contributed by atoms with Crippen molar-refractivity contribution >= 4 is 27.3 Å². The predicted octanol–water partition coefficient (Wildman–Crippen LogP) is 2.73. The van der Waals surface area contributed by atoms with Crippen LogP contribution in [0, 0.1) is 0 Å². The molecule has 0 saturated carbocycles. The average Bonchev–Trinajstić information content (AvgIpc) is 2.91. The molecule has 2 aromatic rings. The lowest BCUT2D eigenvalue weighted by atomic mass is 10.3. The van der Waals surface area contributed by atoms with E-state index in [4.69, 9.17) is 21.8 Å². The number of nitrogens with two attached hydrogens (primary N) is 1. The molecule has 1 heterocycles. The van der Waals surface area contributed by atoms with Crippen molar-refractivity contribution in [2.45, 2.75) is 18.4 Å². The van der Waals surface area contributed by atoms with Crippen LogP contribution in [0.1, 0.15) is 12.7 Å². The molecular formula is C13H15ClN2O3S. The number of halogens is 1. The maximum absolute atomic E-state index is 12.5. The third kappa shape index (κ3) is 2.98. The van der Waals surface area contributed by atoms with Crippen LogP contribution >= 0.6 is 11.6 Å². The molecule has 0 aliphatic carbocycles. The maximum atomic E-state index is 12.5. The van der Waals surface area contributed by atoms with Crippen LogP contribution in [0.3, 0.4) is 0 Å². The molecule has 2 N–H and O–H groups in total. The van der Waals surface area contributed by atoms with Gasteiger partial charge in [-0.3, -0.25) is 0 Å². The van der Waals surface area contributed by atoms with E-state index in [2.05, 4.69) is 0 Å². The molecule has 0 aliphatic rings. The highest BCUT2D eigenvalue weighted by molar-refractivity contribution is 7.89. The van der Waals surface area contributed by atoms with Crippen molar-refractivity contribution in [2.75, 3.05) is 12.3 Å². The summed E-state index contributed by atoms with van der Waals surface area (Å²) in [5.74, 6) is 0.581. The van der Waals surface area contributed by atoms with E-state index in [9.17, 15) is 8.42 Å². The first-order valence-corrected chi connectivity index (χ1v) is 7.84. The minimum absolute atomic E-state index is 0.118. The number of hydrogen-bond donors (Lipinski definition) is 1. The fourth-order valence-corrected chi connectivity index (χ4v) is 3.34. The van der Waals surface area contributed by atoms with Crippen LogP contribution in [0.5, 0.6) is 0 Å². The van der Waals surface area contributed by atoms with Gasteiger partial charge in [-0.2, -0.15) is 4.31 Å². The van der Waals surface area contributed by atoms with E-state index in [0.717, 1.165) is 0 Å². The highest BCUT2D eigenvalue weighted by Crippen LogP contribution is 2.25. The van der Waals surface area contributed by atoms with Gasteiger partial charge in [-0.1, -0.05) is 18.5 Å². The van der Waals surface area contributed by atoms with Crippen LogP contribution in [0.15, 0.2) is 45.9 Å². The van der Waals surface area contributed by atoms with Crippen molar-refractivity contribution in [3.8, 4) is 0 Å². The van der Waals surface area contributed by atoms with Gasteiger partial charge >= 0.3 is 0 Å². The van der Waals surface area contributed by atoms with E-state index < -0.39 is 10.0 Å². The van der Waals surface area contributed by atoms with E-state index in [1.54, 1.807) is 19.1 Å². The van der Waals surface area contributed by atoms with Crippen molar-refractivity contribution in [1.29, 1.82) is 0 Å². The lowest BCUT2D eigenvalue weighted by Crippen LogP contribution is -2.30. The molecule has 0 radical (unpaired) electrons. The van der Waals surface area contributed by atoms with E-state index in [1.807, 2.05) is 0 Å². The summed E-state index contributed by atoms with van der Waals surface area (Å²) < 4.78 is 31.6. The Morgan fingerprint density at radius 1 is 1.35 bits per heavy atom. The van der Waals surface area contributed by atoms with E-state index in [1.165, 1.54) is 28.8 Å². The van der Waals surface area contributed by atoms with Gasteiger partial charge in [0.05, 0.1) is 28.4 Å². The fraction of sp³-hybridized carbons (Fsp3) is 0.231. The first kappa shape index (κ1) is 14.9. The van der Waals surface area contributed by atoms with Crippen molar-refractivity contribution in [2.24, 2.45) is 0 Å². The van der Waals surface area contributed by atoms with Gasteiger partial charge in [-0.25, -0.2) is 8.42 Å². The summed E-state index contributed by atoms with van der Waals surface area (Å²) in [6.45, 7) is 2.26. The fourth-order valence-electron chi connectivity index (χ4n) is 1.77. The van der Waals surface area contributed by atoms with Crippen molar-refractivity contribution in [1.82, 2.24) is 4.31 Å². The van der Waals surface area contributed by atoms with Gasteiger partial charge in [-0.15, -0.1) is 0 Å². The standard InChI is InChI=1S/C13H15ClN2O3S/c1-2-16(9-10-4-3-7-19-10)20(17,18)11-5-6-12(14)13(15)8-11/h3-8H,2,9,15H2,1H3. The van der Waals surface area contributed by atoms with E-state index >= 15 is 0 Å². The van der Waals surface area contributed by atoms with Crippen molar-refractivity contribution in [3.63, 3.8) is 0 Å². The molecule has 2 rings (SSSR count). The average molecular weight is 315 g/mol. The smallest absolute Gasteiger partial charge is 0.243 e. The molecule has 0 spiro atoms. The van der Waals surface area contributed by atoms with E-state index in [0.29, 0.717) is 17.3 Å². The molecule has 0 atom stereocenters. The molecule has 1 aromatic heterocycles. The van der Waals surface area contributed by atoms with Gasteiger partial charge in [0.2, 0.25) is 10.0 Å². The Morgan fingerprint density at radius 2 is 2.10 bits per heavy atom. The van der Waals surface area contributed by atoms with Crippen LogP contribution < -0.4 is 5.73 Å². The molecule has 0 amide bonds. The zero-order chi connectivity index (χ0) is 14.8. The second-order valence-electron chi connectivity index (χ2n) is 4.19. The van der Waals surface area contributed by atoms with Crippen LogP contribution in [0.25, 0.3) is 0 Å². The molecule has 0 bridgehead atoms. The predicted molar refractivity (Wildman–Crippen MR) is 77.8 cm³/mol. The topological polar surface area (TPSA) is 76.5 Å². The maximum Gasteiger partial charge on any atom is 0.243 e. The SMILES string of the molecule is CCN(Cc1ccco1)S(=O)(=O)c1ccc(Cl)c(N)c1. The zero-order valence-corrected chi connectivity index (χ0v) is 12.5. The first-order chi connectivity index (χ1) is 9.45. The summed E-state index contributed by atoms with van der Waals surface area (Å²) in [5, 5.41) is 0.332. The normalized spacial score (nSPS) is 11.9. The Morgan fingerprint density at radius 3 is 2.65 bits per heavy atom. The van der Waals surface area contributed by atoms with E-state index in [-0.39, 0.29) is 17.1 Å². The number of furan rings is 1. The summed E-state index contributed by atoms with van der Waals surface area (Å²) in [5.41, 5.74) is 5.90. The lowest BCUT2D eigenvalue weighted by Gasteiger charge is -2.19. The van der Waals surface area contributed by atoms with Gasteiger partial charge in [0.25, 0.3) is 0 Å². The third-order valence-electron chi connectivity index (χ3n) is 2.87. The third-order valence-corrected chi connectivity index (χ3v) is 5.13. The van der Waals surface area contributed by atoms with Crippen LogP contribution in [-0.4, -0.2) is 19.3 Å². The monoisotopic (exact) mass is 314 g/mol. The van der Waals surface area contributed by atoms with Crippen LogP contribution in [0.2, 0.25) is 5.02 Å². The minimum Gasteiger partial charge on any atom is -0.468 e. The summed E-state index contributed by atoms with van der Waals surface area (Å²) in [6.07, 6.45) is 1.51. The number of hydrogen-bond acceptors (Lipinski definition) is 4. The number of benzene rings is 1. The minimum atomic E-state index is -3.63. The molecule has 7 heteroatoms. The molecule has 5 nitrogen and oxygen atoms in total. The molecule has 108 valence electrons. The highest BCUT2D eigenvalue weighted by Gasteiger charge is 2.24. The van der Waals surface area contributed by atoms with Crippen LogP contribution in [-0.2, 0) is 16.6 Å². The number of nitrogens with zero attached hydrogens (tertiary/aromatic N) is 1. The Bertz CT molecular complexity index is 684. The number of sulfonamides is 1. The van der Waals surface area contributed by atoms with Crippen molar-refractivity contribution < 1.29 is 12.8 Å². The van der Waals surface area contributed by atoms with Gasteiger partial charge in [-0.05, 0) is 30.3 Å². The second-order valence-corrected chi connectivity index (χ2v) is 6.54. The van der Waals surface area contributed by atoms with Gasteiger partial charge < -0.3 is 10.2 Å². The van der Waals surface area contributed by atoms with Gasteiger partial charge in [0, 0.05) is 6.54 Å². The number of nitrogen functional groups attached to an aromatic ring is 1. The van der Waals surface area contributed by atoms with Crippen LogP contribution in [0.4, 0.5) is 5.69 Å². The Balaban J connectivity index is 2.33. The molecule has 0 aliphatic heterocycles. The number of anilines is 1. The lowest BCUT2D eigenvalue weighted by molar-refractivity contribution is 0.375. The summed E-state index contributed by atoms with van der Waals surface area (Å²) in [7, 11) is -3.63. The van der Waals surface area contributed by atoms with Gasteiger partial charge in [0.1, 0.15) is 5.76 Å². The second kappa shape index (κ2) is 5.87. The van der Waals surface area contributed by atoms with Gasteiger partial charge in [0.15, 0.2) is 0 Å². The Kier molecular flexibility index (Phi) is 4.37. The highest BCUT2D eigenvalue weighted by atomic mass is 35.5. The first-order valence-electron chi connectivity index (χ1n) is 6.02. The molecule has 0 saturated heterocycles. The summed E-state index contributed by atoms with van der Waals surface area (Å²) in [4.78, 5) is 0.118. The largest absolute Gasteiger partial charge is 0.468 e. The summed E-state index contributed by atoms with van der Waals surface area (Å²) >= 11 is 5.81. The Labute approximate surface area is 123 Å². The molecule has 20 heavy (non-hydrogen) atoms. The molecule has 0 fully saturated rings. The quantitative estimate of drug-likeness (QED) is 0.861. The molecular weight excluding hydrogens is 300 g/mol. The number of rotatable bonds is 5.